The van der Waals surface area contributed by atoms with Gasteiger partial charge in [-0.3, -0.25) is 14.9 Å². The van der Waals surface area contributed by atoms with Crippen molar-refractivity contribution < 1.29 is 33.5 Å². The van der Waals surface area contributed by atoms with Crippen molar-refractivity contribution in [2.75, 3.05) is 20.5 Å². The van der Waals surface area contributed by atoms with Crippen LogP contribution in [0.5, 0.6) is 17.2 Å². The van der Waals surface area contributed by atoms with Crippen LogP contribution in [0, 0.1) is 24.0 Å². The van der Waals surface area contributed by atoms with Crippen LogP contribution < -0.4 is 14.2 Å². The van der Waals surface area contributed by atoms with E-state index in [4.69, 9.17) is 18.9 Å². The third kappa shape index (κ3) is 4.96. The molecule has 10 nitrogen and oxygen atoms in total. The second-order valence-electron chi connectivity index (χ2n) is 8.01. The van der Waals surface area contributed by atoms with Crippen molar-refractivity contribution in [1.82, 2.24) is 4.57 Å². The molecule has 0 fully saturated rings. The Balaban J connectivity index is 1.43. The standard InChI is InChI=1S/C25H24N2O8/c1-15-10-19(16(2)26(15)9-8-17-4-6-18(32-3)7-5-17)22(28)13-33-25(29)20-11-23-24(35-14-34-23)12-21(20)27(30)31/h4-7,10-12H,8-9,13-14H2,1-3H3. The van der Waals surface area contributed by atoms with Crippen molar-refractivity contribution in [3.8, 4) is 17.2 Å². The molecule has 182 valence electrons. The number of carbonyl (C=O) groups excluding carboxylic acids is 2. The molecule has 0 N–H and O–H groups in total. The molecule has 0 radical (unpaired) electrons. The normalized spacial score (nSPS) is 11.9. The van der Waals surface area contributed by atoms with E-state index in [0.717, 1.165) is 35.2 Å². The Morgan fingerprint density at radius 3 is 2.40 bits per heavy atom. The zero-order valence-electron chi connectivity index (χ0n) is 19.5. The highest BCUT2D eigenvalue weighted by Gasteiger charge is 2.29. The van der Waals surface area contributed by atoms with E-state index in [1.54, 1.807) is 13.2 Å². The lowest BCUT2D eigenvalue weighted by molar-refractivity contribution is -0.385. The minimum Gasteiger partial charge on any atom is -0.497 e. The molecule has 1 aliphatic heterocycles. The molecule has 0 spiro atoms. The number of nitro groups is 1. The molecule has 0 aliphatic carbocycles. The molecule has 2 aromatic carbocycles. The number of benzene rings is 2. The van der Waals surface area contributed by atoms with Gasteiger partial charge in [-0.15, -0.1) is 0 Å². The summed E-state index contributed by atoms with van der Waals surface area (Å²) in [6, 6.07) is 11.8. The van der Waals surface area contributed by atoms with Crippen molar-refractivity contribution in [2.24, 2.45) is 0 Å². The van der Waals surface area contributed by atoms with Gasteiger partial charge in [-0.25, -0.2) is 4.79 Å². The Hall–Kier alpha value is -4.34. The first-order valence-electron chi connectivity index (χ1n) is 10.9. The fraction of sp³-hybridized carbons (Fsp3) is 0.280. The third-order valence-electron chi connectivity index (χ3n) is 5.90. The maximum atomic E-state index is 12.8. The van der Waals surface area contributed by atoms with E-state index >= 15 is 0 Å². The first-order chi connectivity index (χ1) is 16.8. The highest BCUT2D eigenvalue weighted by molar-refractivity contribution is 6.01. The number of fused-ring (bicyclic) bond motifs is 1. The number of carbonyl (C=O) groups is 2. The third-order valence-corrected chi connectivity index (χ3v) is 5.90. The van der Waals surface area contributed by atoms with Crippen LogP contribution in [-0.2, 0) is 17.7 Å². The Labute approximate surface area is 201 Å². The summed E-state index contributed by atoms with van der Waals surface area (Å²) in [5, 5.41) is 11.4. The predicted molar refractivity (Wildman–Crippen MR) is 124 cm³/mol. The number of esters is 1. The van der Waals surface area contributed by atoms with Gasteiger partial charge in [0.05, 0.1) is 18.1 Å². The highest BCUT2D eigenvalue weighted by Crippen LogP contribution is 2.38. The molecular weight excluding hydrogens is 456 g/mol. The molecule has 1 aliphatic rings. The minimum absolute atomic E-state index is 0.0996. The maximum absolute atomic E-state index is 12.8. The summed E-state index contributed by atoms with van der Waals surface area (Å²) in [4.78, 5) is 36.1. The van der Waals surface area contributed by atoms with Crippen LogP contribution in [0.15, 0.2) is 42.5 Å². The van der Waals surface area contributed by atoms with E-state index in [-0.39, 0.29) is 23.9 Å². The monoisotopic (exact) mass is 480 g/mol. The number of methoxy groups -OCH3 is 1. The molecule has 3 aromatic rings. The smallest absolute Gasteiger partial charge is 0.345 e. The topological polar surface area (TPSA) is 119 Å². The number of Topliss-reactive ketones (excluding diaryl/α,β-unsaturated/α-hetero) is 1. The maximum Gasteiger partial charge on any atom is 0.345 e. The summed E-state index contributed by atoms with van der Waals surface area (Å²) in [7, 11) is 1.62. The first kappa shape index (κ1) is 23.8. The van der Waals surface area contributed by atoms with Gasteiger partial charge in [0.25, 0.3) is 5.69 Å². The average molecular weight is 480 g/mol. The van der Waals surface area contributed by atoms with Gasteiger partial charge < -0.3 is 23.5 Å². The lowest BCUT2D eigenvalue weighted by Gasteiger charge is -2.10. The van der Waals surface area contributed by atoms with Crippen LogP contribution in [0.3, 0.4) is 0 Å². The van der Waals surface area contributed by atoms with Gasteiger partial charge in [-0.05, 0) is 44.0 Å². The number of hydrogen-bond acceptors (Lipinski definition) is 8. The van der Waals surface area contributed by atoms with Crippen molar-refractivity contribution >= 4 is 17.4 Å². The van der Waals surface area contributed by atoms with Gasteiger partial charge in [0.15, 0.2) is 18.1 Å². The summed E-state index contributed by atoms with van der Waals surface area (Å²) >= 11 is 0. The quantitative estimate of drug-likeness (QED) is 0.195. The Morgan fingerprint density at radius 2 is 1.74 bits per heavy atom. The molecule has 1 aromatic heterocycles. The molecule has 0 saturated carbocycles. The number of hydrogen-bond donors (Lipinski definition) is 0. The SMILES string of the molecule is COc1ccc(CCn2c(C)cc(C(=O)COC(=O)c3cc4c(cc3[N+](=O)[O-])OCO4)c2C)cc1. The summed E-state index contributed by atoms with van der Waals surface area (Å²) < 4.78 is 22.7. The van der Waals surface area contributed by atoms with E-state index in [1.807, 2.05) is 42.7 Å². The summed E-state index contributed by atoms with van der Waals surface area (Å²) in [6.45, 7) is 3.75. The van der Waals surface area contributed by atoms with E-state index in [1.165, 1.54) is 6.07 Å². The van der Waals surface area contributed by atoms with Gasteiger partial charge in [0.2, 0.25) is 12.6 Å². The average Bonchev–Trinajstić information content (AvgIpc) is 3.43. The largest absolute Gasteiger partial charge is 0.497 e. The molecule has 10 heteroatoms. The number of ketones is 1. The summed E-state index contributed by atoms with van der Waals surface area (Å²) in [6.07, 6.45) is 0.761. The molecular formula is C25H24N2O8. The molecule has 4 rings (SSSR count). The van der Waals surface area contributed by atoms with Crippen LogP contribution in [0.25, 0.3) is 0 Å². The van der Waals surface area contributed by atoms with E-state index in [2.05, 4.69) is 0 Å². The molecule has 0 amide bonds. The predicted octanol–water partition coefficient (Wildman–Crippen LogP) is 4.03. The van der Waals surface area contributed by atoms with Gasteiger partial charge >= 0.3 is 5.97 Å². The molecule has 35 heavy (non-hydrogen) atoms. The zero-order chi connectivity index (χ0) is 25.1. The van der Waals surface area contributed by atoms with E-state index < -0.39 is 29.0 Å². The molecule has 0 unspecified atom stereocenters. The molecule has 0 atom stereocenters. The molecule has 0 saturated heterocycles. The number of aromatic nitrogens is 1. The minimum atomic E-state index is -0.989. The number of ether oxygens (including phenoxy) is 4. The molecule has 0 bridgehead atoms. The Morgan fingerprint density at radius 1 is 1.06 bits per heavy atom. The fourth-order valence-electron chi connectivity index (χ4n) is 3.99. The van der Waals surface area contributed by atoms with E-state index in [9.17, 15) is 19.7 Å². The number of aryl methyl sites for hydroxylation is 2. The second-order valence-corrected chi connectivity index (χ2v) is 8.01. The lowest BCUT2D eigenvalue weighted by Crippen LogP contribution is -2.16. The van der Waals surface area contributed by atoms with Crippen molar-refractivity contribution in [3.63, 3.8) is 0 Å². The van der Waals surface area contributed by atoms with Crippen LogP contribution >= 0.6 is 0 Å². The van der Waals surface area contributed by atoms with Crippen LogP contribution in [0.4, 0.5) is 5.69 Å². The second kappa shape index (κ2) is 9.88. The Kier molecular flexibility index (Phi) is 6.72. The summed E-state index contributed by atoms with van der Waals surface area (Å²) in [5.74, 6) is -0.224. The number of nitrogens with zero attached hydrogens (tertiary/aromatic N) is 2. The van der Waals surface area contributed by atoms with Crippen molar-refractivity contribution in [1.29, 1.82) is 0 Å². The van der Waals surface area contributed by atoms with Gasteiger partial charge in [0.1, 0.15) is 11.3 Å². The van der Waals surface area contributed by atoms with E-state index in [0.29, 0.717) is 12.1 Å². The fourth-order valence-corrected chi connectivity index (χ4v) is 3.99. The van der Waals surface area contributed by atoms with Crippen molar-refractivity contribution in [2.45, 2.75) is 26.8 Å². The Bertz CT molecular complexity index is 1290. The van der Waals surface area contributed by atoms with Crippen molar-refractivity contribution in [3.05, 3.63) is 80.7 Å². The van der Waals surface area contributed by atoms with Crippen LogP contribution in [0.1, 0.15) is 37.7 Å². The van der Waals surface area contributed by atoms with Gasteiger partial charge in [0, 0.05) is 29.6 Å². The van der Waals surface area contributed by atoms with Gasteiger partial charge in [-0.1, -0.05) is 12.1 Å². The van der Waals surface area contributed by atoms with Crippen LogP contribution in [-0.4, -0.2) is 41.8 Å². The zero-order valence-corrected chi connectivity index (χ0v) is 19.5. The molecule has 2 heterocycles. The van der Waals surface area contributed by atoms with Crippen LogP contribution in [0.2, 0.25) is 0 Å². The van der Waals surface area contributed by atoms with Gasteiger partial charge in [-0.2, -0.15) is 0 Å². The number of nitro benzene ring substituents is 1. The highest BCUT2D eigenvalue weighted by atomic mass is 16.7. The summed E-state index contributed by atoms with van der Waals surface area (Å²) in [5.41, 5.74) is 2.43. The lowest BCUT2D eigenvalue weighted by atomic mass is 10.1. The first-order valence-corrected chi connectivity index (χ1v) is 10.9. The number of rotatable bonds is 9.